The molecule has 0 unspecified atom stereocenters. The van der Waals surface area contributed by atoms with Crippen LogP contribution in [0.4, 0.5) is 11.6 Å². The number of hydrogen-bond donors (Lipinski definition) is 2. The molecule has 0 radical (unpaired) electrons. The van der Waals surface area contributed by atoms with Crippen molar-refractivity contribution in [1.82, 2.24) is 9.97 Å². The van der Waals surface area contributed by atoms with Crippen molar-refractivity contribution in [3.05, 3.63) is 68.4 Å². The number of rotatable bonds is 4. The summed E-state index contributed by atoms with van der Waals surface area (Å²) in [5.41, 5.74) is 1.84. The average Bonchev–Trinajstić information content (AvgIpc) is 2.60. The van der Waals surface area contributed by atoms with E-state index in [-0.39, 0.29) is 5.56 Å². The van der Waals surface area contributed by atoms with E-state index >= 15 is 0 Å². The molecule has 0 saturated heterocycles. The molecule has 0 fully saturated rings. The van der Waals surface area contributed by atoms with Gasteiger partial charge in [-0.1, -0.05) is 11.6 Å². The van der Waals surface area contributed by atoms with Gasteiger partial charge in [-0.05, 0) is 64.5 Å². The van der Waals surface area contributed by atoms with Gasteiger partial charge in [-0.25, -0.2) is 4.98 Å². The topological polar surface area (TPSA) is 67.0 Å². The van der Waals surface area contributed by atoms with Crippen LogP contribution in [0.15, 0.2) is 57.8 Å². The second kappa shape index (κ2) is 7.07. The van der Waals surface area contributed by atoms with Crippen LogP contribution in [-0.2, 0) is 0 Å². The number of H-pyrrole nitrogens is 1. The Morgan fingerprint density at radius 2 is 1.79 bits per heavy atom. The molecule has 0 aliphatic rings. The Morgan fingerprint density at radius 1 is 1.12 bits per heavy atom. The van der Waals surface area contributed by atoms with Crippen molar-refractivity contribution >= 4 is 39.2 Å². The van der Waals surface area contributed by atoms with E-state index in [0.29, 0.717) is 21.1 Å². The minimum atomic E-state index is -0.271. The van der Waals surface area contributed by atoms with Gasteiger partial charge in [0, 0.05) is 16.3 Å². The molecule has 7 heteroatoms. The molecule has 24 heavy (non-hydrogen) atoms. The van der Waals surface area contributed by atoms with E-state index in [4.69, 9.17) is 16.3 Å². The van der Waals surface area contributed by atoms with Gasteiger partial charge in [0.2, 0.25) is 5.95 Å². The predicted molar refractivity (Wildman–Crippen MR) is 99.3 cm³/mol. The van der Waals surface area contributed by atoms with E-state index < -0.39 is 0 Å². The number of benzene rings is 2. The molecule has 0 amide bonds. The normalized spacial score (nSPS) is 10.5. The number of aromatic amines is 1. The number of aromatic nitrogens is 2. The number of hydrogen-bond acceptors (Lipinski definition) is 4. The van der Waals surface area contributed by atoms with E-state index in [1.54, 1.807) is 31.4 Å². The largest absolute Gasteiger partial charge is 0.497 e. The van der Waals surface area contributed by atoms with Gasteiger partial charge in [0.25, 0.3) is 5.56 Å². The zero-order valence-electron chi connectivity index (χ0n) is 12.6. The Labute approximate surface area is 151 Å². The van der Waals surface area contributed by atoms with Crippen molar-refractivity contribution < 1.29 is 4.74 Å². The molecule has 2 N–H and O–H groups in total. The summed E-state index contributed by atoms with van der Waals surface area (Å²) in [6, 6.07) is 14.4. The van der Waals surface area contributed by atoms with Crippen molar-refractivity contribution in [1.29, 1.82) is 0 Å². The number of ether oxygens (including phenoxy) is 1. The van der Waals surface area contributed by atoms with Gasteiger partial charge in [0.05, 0.1) is 12.8 Å². The van der Waals surface area contributed by atoms with Crippen LogP contribution < -0.4 is 15.6 Å². The van der Waals surface area contributed by atoms with Crippen molar-refractivity contribution in [2.75, 3.05) is 12.4 Å². The monoisotopic (exact) mass is 405 g/mol. The highest BCUT2D eigenvalue weighted by molar-refractivity contribution is 9.10. The summed E-state index contributed by atoms with van der Waals surface area (Å²) >= 11 is 9.17. The lowest BCUT2D eigenvalue weighted by atomic mass is 10.1. The molecule has 122 valence electrons. The first-order chi connectivity index (χ1) is 11.6. The number of anilines is 2. The van der Waals surface area contributed by atoms with Crippen LogP contribution in [0, 0.1) is 0 Å². The first kappa shape index (κ1) is 16.5. The van der Waals surface area contributed by atoms with Crippen LogP contribution in [0.5, 0.6) is 5.75 Å². The quantitative estimate of drug-likeness (QED) is 0.664. The van der Waals surface area contributed by atoms with Gasteiger partial charge in [0.1, 0.15) is 10.2 Å². The molecular weight excluding hydrogens is 394 g/mol. The van der Waals surface area contributed by atoms with E-state index in [1.807, 2.05) is 24.3 Å². The highest BCUT2D eigenvalue weighted by Crippen LogP contribution is 2.26. The molecule has 1 aromatic heterocycles. The Morgan fingerprint density at radius 3 is 2.42 bits per heavy atom. The van der Waals surface area contributed by atoms with Crippen molar-refractivity contribution in [3.8, 4) is 17.0 Å². The molecule has 0 bridgehead atoms. The molecule has 0 aliphatic heterocycles. The third-order valence-electron chi connectivity index (χ3n) is 3.33. The van der Waals surface area contributed by atoms with E-state index in [0.717, 1.165) is 17.0 Å². The van der Waals surface area contributed by atoms with Crippen molar-refractivity contribution in [2.24, 2.45) is 0 Å². The van der Waals surface area contributed by atoms with Crippen molar-refractivity contribution in [3.63, 3.8) is 0 Å². The molecule has 0 saturated carbocycles. The van der Waals surface area contributed by atoms with E-state index in [1.165, 1.54) is 0 Å². The lowest BCUT2D eigenvalue weighted by Crippen LogP contribution is -2.13. The summed E-state index contributed by atoms with van der Waals surface area (Å²) in [6.07, 6.45) is 0. The summed E-state index contributed by atoms with van der Waals surface area (Å²) in [5, 5.41) is 3.70. The van der Waals surface area contributed by atoms with Crippen LogP contribution in [0.25, 0.3) is 11.3 Å². The zero-order chi connectivity index (χ0) is 17.1. The number of halogens is 2. The van der Waals surface area contributed by atoms with Crippen LogP contribution >= 0.6 is 27.5 Å². The summed E-state index contributed by atoms with van der Waals surface area (Å²) in [7, 11) is 1.60. The third kappa shape index (κ3) is 3.60. The fourth-order valence-electron chi connectivity index (χ4n) is 2.13. The Bertz CT molecular complexity index is 909. The zero-order valence-corrected chi connectivity index (χ0v) is 15.0. The molecule has 1 heterocycles. The fourth-order valence-corrected chi connectivity index (χ4v) is 2.67. The second-order valence-electron chi connectivity index (χ2n) is 4.94. The smallest absolute Gasteiger partial charge is 0.267 e. The lowest BCUT2D eigenvalue weighted by molar-refractivity contribution is 0.415. The lowest BCUT2D eigenvalue weighted by Gasteiger charge is -2.09. The first-order valence-electron chi connectivity index (χ1n) is 7.03. The first-order valence-corrected chi connectivity index (χ1v) is 8.21. The molecule has 0 atom stereocenters. The van der Waals surface area contributed by atoms with Gasteiger partial charge < -0.3 is 10.1 Å². The molecule has 5 nitrogen and oxygen atoms in total. The van der Waals surface area contributed by atoms with Crippen LogP contribution in [0.3, 0.4) is 0 Å². The van der Waals surface area contributed by atoms with Crippen LogP contribution in [0.1, 0.15) is 0 Å². The maximum atomic E-state index is 12.2. The second-order valence-corrected chi connectivity index (χ2v) is 6.17. The maximum Gasteiger partial charge on any atom is 0.267 e. The van der Waals surface area contributed by atoms with Gasteiger partial charge in [-0.3, -0.25) is 9.78 Å². The van der Waals surface area contributed by atoms with Gasteiger partial charge in [0.15, 0.2) is 0 Å². The highest BCUT2D eigenvalue weighted by atomic mass is 79.9. The van der Waals surface area contributed by atoms with Crippen LogP contribution in [0.2, 0.25) is 5.02 Å². The summed E-state index contributed by atoms with van der Waals surface area (Å²) in [4.78, 5) is 19.4. The van der Waals surface area contributed by atoms with E-state index in [9.17, 15) is 4.79 Å². The van der Waals surface area contributed by atoms with Gasteiger partial charge >= 0.3 is 0 Å². The SMILES string of the molecule is COc1ccc(-c2nc(Nc3ccc(Cl)cc3)[nH]c(=O)c2Br)cc1. The molecule has 3 aromatic rings. The summed E-state index contributed by atoms with van der Waals surface area (Å²) in [6.45, 7) is 0. The summed E-state index contributed by atoms with van der Waals surface area (Å²) in [5.74, 6) is 1.08. The molecule has 3 rings (SSSR count). The Hall–Kier alpha value is -2.31. The Kier molecular flexibility index (Phi) is 4.87. The number of methoxy groups -OCH3 is 1. The molecular formula is C17H13BrClN3O2. The maximum absolute atomic E-state index is 12.2. The van der Waals surface area contributed by atoms with Gasteiger partial charge in [-0.15, -0.1) is 0 Å². The Balaban J connectivity index is 1.98. The van der Waals surface area contributed by atoms with Gasteiger partial charge in [-0.2, -0.15) is 0 Å². The van der Waals surface area contributed by atoms with Crippen molar-refractivity contribution in [2.45, 2.75) is 0 Å². The summed E-state index contributed by atoms with van der Waals surface area (Å²) < 4.78 is 5.52. The number of nitrogens with zero attached hydrogens (tertiary/aromatic N) is 1. The standard InChI is InChI=1S/C17H13BrClN3O2/c1-24-13-8-2-10(3-9-13)15-14(18)16(23)22-17(21-15)20-12-6-4-11(19)5-7-12/h2-9H,1H3,(H2,20,21,22,23). The third-order valence-corrected chi connectivity index (χ3v) is 4.32. The fraction of sp³-hybridized carbons (Fsp3) is 0.0588. The molecule has 0 aliphatic carbocycles. The molecule has 0 spiro atoms. The average molecular weight is 407 g/mol. The van der Waals surface area contributed by atoms with Crippen LogP contribution in [-0.4, -0.2) is 17.1 Å². The number of nitrogens with one attached hydrogen (secondary N) is 2. The minimum Gasteiger partial charge on any atom is -0.497 e. The van der Waals surface area contributed by atoms with E-state index in [2.05, 4.69) is 31.2 Å². The predicted octanol–water partition coefficient (Wildman–Crippen LogP) is 4.61. The highest BCUT2D eigenvalue weighted by Gasteiger charge is 2.11. The molecule has 2 aromatic carbocycles. The minimum absolute atomic E-state index is 0.271.